The molecule has 0 saturated carbocycles. The lowest BCUT2D eigenvalue weighted by atomic mass is 10.1. The summed E-state index contributed by atoms with van der Waals surface area (Å²) in [6, 6.07) is 21.0. The molecule has 1 saturated heterocycles. The Morgan fingerprint density at radius 2 is 1.85 bits per heavy atom. The van der Waals surface area contributed by atoms with Crippen LogP contribution < -0.4 is 9.64 Å². The Bertz CT molecular complexity index is 1250. The zero-order valence-electron chi connectivity index (χ0n) is 18.1. The van der Waals surface area contributed by atoms with Gasteiger partial charge in [-0.1, -0.05) is 54.1 Å². The summed E-state index contributed by atoms with van der Waals surface area (Å²) >= 11 is 4.56. The van der Waals surface area contributed by atoms with E-state index >= 15 is 0 Å². The molecule has 1 heterocycles. The number of thioether (sulfide) groups is 1. The van der Waals surface area contributed by atoms with E-state index in [1.807, 2.05) is 36.4 Å². The van der Waals surface area contributed by atoms with E-state index in [1.54, 1.807) is 30.3 Å². The first-order chi connectivity index (χ1) is 16.0. The Hall–Kier alpha value is -3.09. The Labute approximate surface area is 206 Å². The Kier molecular flexibility index (Phi) is 7.16. The molecule has 33 heavy (non-hydrogen) atoms. The van der Waals surface area contributed by atoms with Crippen molar-refractivity contribution in [1.29, 1.82) is 0 Å². The highest BCUT2D eigenvalue weighted by Gasteiger charge is 2.36. The molecule has 4 rings (SSSR count). The van der Waals surface area contributed by atoms with Gasteiger partial charge in [-0.2, -0.15) is 0 Å². The van der Waals surface area contributed by atoms with Crippen LogP contribution in [0.25, 0.3) is 6.08 Å². The predicted molar refractivity (Wildman–Crippen MR) is 138 cm³/mol. The van der Waals surface area contributed by atoms with Crippen molar-refractivity contribution in [3.05, 3.63) is 111 Å². The zero-order chi connectivity index (χ0) is 23.4. The van der Waals surface area contributed by atoms with Gasteiger partial charge < -0.3 is 4.74 Å². The fourth-order valence-corrected chi connectivity index (χ4v) is 5.08. The molecule has 0 radical (unpaired) electrons. The van der Waals surface area contributed by atoms with Crippen molar-refractivity contribution >= 4 is 50.6 Å². The maximum atomic E-state index is 12.9. The fourth-order valence-electron chi connectivity index (χ4n) is 3.60. The molecule has 1 fully saturated rings. The van der Waals surface area contributed by atoms with Gasteiger partial charge in [-0.3, -0.25) is 9.59 Å². The highest BCUT2D eigenvalue weighted by Crippen LogP contribution is 2.38. The molecule has 0 atom stereocenters. The van der Waals surface area contributed by atoms with E-state index in [2.05, 4.69) is 41.6 Å². The fraction of sp³-hybridized carbons (Fsp3) is 0.111. The van der Waals surface area contributed by atoms with Crippen LogP contribution in [0.1, 0.15) is 22.3 Å². The second kappa shape index (κ2) is 10.2. The third-order valence-electron chi connectivity index (χ3n) is 5.08. The topological polar surface area (TPSA) is 46.6 Å². The molecule has 3 aromatic carbocycles. The molecule has 166 valence electrons. The molecule has 0 aromatic heterocycles. The molecule has 0 spiro atoms. The van der Waals surface area contributed by atoms with E-state index in [4.69, 9.17) is 4.74 Å². The largest absolute Gasteiger partial charge is 0.487 e. The lowest BCUT2D eigenvalue weighted by Gasteiger charge is -2.14. The molecule has 0 bridgehead atoms. The number of rotatable bonds is 7. The summed E-state index contributed by atoms with van der Waals surface area (Å²) < 4.78 is 6.93. The zero-order valence-corrected chi connectivity index (χ0v) is 20.5. The molecule has 0 unspecified atom stereocenters. The molecule has 2 amide bonds. The summed E-state index contributed by atoms with van der Waals surface area (Å²) in [5.41, 5.74) is 4.59. The SMILES string of the molecule is C=CCc1cc(/C=C2\SC(=O)N(c3ccccc3)C2=O)cc(Br)c1OCc1cccc(C)c1. The Morgan fingerprint density at radius 1 is 1.06 bits per heavy atom. The number of aryl methyl sites for hydroxylation is 1. The minimum Gasteiger partial charge on any atom is -0.487 e. The van der Waals surface area contributed by atoms with Crippen LogP contribution in [-0.4, -0.2) is 11.1 Å². The quantitative estimate of drug-likeness (QED) is 0.242. The summed E-state index contributed by atoms with van der Waals surface area (Å²) in [7, 11) is 0. The molecule has 0 N–H and O–H groups in total. The molecule has 0 aliphatic carbocycles. The number of carbonyl (C=O) groups excluding carboxylic acids is 2. The number of anilines is 1. The smallest absolute Gasteiger partial charge is 0.298 e. The standard InChI is InChI=1S/C27H22BrNO3S/c1-3-8-21-14-20(15-23(28)25(21)32-17-19-10-7-9-18(2)13-19)16-24-26(30)29(27(31)33-24)22-11-5-4-6-12-22/h3-7,9-16H,1,8,17H2,2H3/b24-16-. The van der Waals surface area contributed by atoms with E-state index in [9.17, 15) is 9.59 Å². The van der Waals surface area contributed by atoms with Gasteiger partial charge in [0, 0.05) is 0 Å². The number of hydrogen-bond acceptors (Lipinski definition) is 4. The normalized spacial score (nSPS) is 14.7. The van der Waals surface area contributed by atoms with Gasteiger partial charge in [0.2, 0.25) is 0 Å². The van der Waals surface area contributed by atoms with Crippen molar-refractivity contribution in [2.45, 2.75) is 20.0 Å². The number of halogens is 1. The number of benzene rings is 3. The lowest BCUT2D eigenvalue weighted by Crippen LogP contribution is -2.27. The third-order valence-corrected chi connectivity index (χ3v) is 6.54. The van der Waals surface area contributed by atoms with Crippen molar-refractivity contribution in [2.75, 3.05) is 4.90 Å². The first-order valence-corrected chi connectivity index (χ1v) is 12.0. The van der Waals surface area contributed by atoms with Crippen LogP contribution >= 0.6 is 27.7 Å². The average molecular weight is 520 g/mol. The second-order valence-corrected chi connectivity index (χ2v) is 9.46. The number of imide groups is 1. The lowest BCUT2D eigenvalue weighted by molar-refractivity contribution is -0.113. The number of hydrogen-bond donors (Lipinski definition) is 0. The maximum Gasteiger partial charge on any atom is 0.298 e. The van der Waals surface area contributed by atoms with Crippen molar-refractivity contribution in [3.63, 3.8) is 0 Å². The van der Waals surface area contributed by atoms with Gasteiger partial charge in [0.25, 0.3) is 11.1 Å². The molecule has 1 aliphatic rings. The predicted octanol–water partition coefficient (Wildman–Crippen LogP) is 7.31. The first kappa shape index (κ1) is 23.1. The van der Waals surface area contributed by atoms with Crippen LogP contribution in [0.2, 0.25) is 0 Å². The van der Waals surface area contributed by atoms with E-state index in [0.717, 1.165) is 38.7 Å². The van der Waals surface area contributed by atoms with Crippen LogP contribution in [0.3, 0.4) is 0 Å². The summed E-state index contributed by atoms with van der Waals surface area (Å²) in [5.74, 6) is 0.420. The molecule has 6 heteroatoms. The number of amides is 2. The highest BCUT2D eigenvalue weighted by atomic mass is 79.9. The van der Waals surface area contributed by atoms with E-state index in [-0.39, 0.29) is 11.1 Å². The van der Waals surface area contributed by atoms with E-state index in [0.29, 0.717) is 23.6 Å². The summed E-state index contributed by atoms with van der Waals surface area (Å²) in [6.07, 6.45) is 4.17. The van der Waals surface area contributed by atoms with Crippen LogP contribution in [0.15, 0.2) is 88.8 Å². The summed E-state index contributed by atoms with van der Waals surface area (Å²) in [5, 5.41) is -0.305. The molecular weight excluding hydrogens is 498 g/mol. The molecule has 4 nitrogen and oxygen atoms in total. The minimum atomic E-state index is -0.322. The van der Waals surface area contributed by atoms with Crippen molar-refractivity contribution in [2.24, 2.45) is 0 Å². The highest BCUT2D eigenvalue weighted by molar-refractivity contribution is 9.10. The van der Waals surface area contributed by atoms with Gasteiger partial charge in [0.05, 0.1) is 15.1 Å². The van der Waals surface area contributed by atoms with Crippen LogP contribution in [0, 0.1) is 6.92 Å². The molecule has 1 aliphatic heterocycles. The van der Waals surface area contributed by atoms with Gasteiger partial charge in [0.15, 0.2) is 0 Å². The number of ether oxygens (including phenoxy) is 1. The minimum absolute atomic E-state index is 0.305. The molecule has 3 aromatic rings. The Morgan fingerprint density at radius 3 is 2.58 bits per heavy atom. The summed E-state index contributed by atoms with van der Waals surface area (Å²) in [6.45, 7) is 6.36. The monoisotopic (exact) mass is 519 g/mol. The maximum absolute atomic E-state index is 12.9. The van der Waals surface area contributed by atoms with Crippen molar-refractivity contribution in [1.82, 2.24) is 0 Å². The van der Waals surface area contributed by atoms with E-state index in [1.165, 1.54) is 10.5 Å². The number of nitrogens with zero attached hydrogens (tertiary/aromatic N) is 1. The third kappa shape index (κ3) is 5.29. The summed E-state index contributed by atoms with van der Waals surface area (Å²) in [4.78, 5) is 27.0. The number of carbonyl (C=O) groups is 2. The van der Waals surface area contributed by atoms with Crippen molar-refractivity contribution in [3.8, 4) is 5.75 Å². The van der Waals surface area contributed by atoms with Gasteiger partial charge in [0.1, 0.15) is 12.4 Å². The number of para-hydroxylation sites is 1. The van der Waals surface area contributed by atoms with Gasteiger partial charge >= 0.3 is 0 Å². The van der Waals surface area contributed by atoms with Crippen molar-refractivity contribution < 1.29 is 14.3 Å². The average Bonchev–Trinajstić information content (AvgIpc) is 3.06. The second-order valence-electron chi connectivity index (χ2n) is 7.61. The van der Waals surface area contributed by atoms with Crippen LogP contribution in [0.4, 0.5) is 10.5 Å². The number of allylic oxidation sites excluding steroid dienone is 1. The van der Waals surface area contributed by atoms with Crippen LogP contribution in [0.5, 0.6) is 5.75 Å². The Balaban J connectivity index is 1.61. The van der Waals surface area contributed by atoms with Gasteiger partial charge in [-0.05, 0) is 88.1 Å². The molecular formula is C27H22BrNO3S. The van der Waals surface area contributed by atoms with Crippen LogP contribution in [-0.2, 0) is 17.8 Å². The van der Waals surface area contributed by atoms with Gasteiger partial charge in [-0.15, -0.1) is 6.58 Å². The van der Waals surface area contributed by atoms with Gasteiger partial charge in [-0.25, -0.2) is 4.90 Å². The first-order valence-electron chi connectivity index (χ1n) is 10.4. The van der Waals surface area contributed by atoms with E-state index < -0.39 is 0 Å².